The Kier molecular flexibility index (Phi) is 4.90. The van der Waals surface area contributed by atoms with Crippen LogP contribution in [-0.2, 0) is 9.84 Å². The van der Waals surface area contributed by atoms with Crippen LogP contribution >= 0.6 is 0 Å². The molecule has 0 fully saturated rings. The second-order valence-corrected chi connectivity index (χ2v) is 6.93. The van der Waals surface area contributed by atoms with Gasteiger partial charge in [-0.25, -0.2) is 8.42 Å². The van der Waals surface area contributed by atoms with Crippen molar-refractivity contribution in [2.75, 3.05) is 6.26 Å². The minimum absolute atomic E-state index is 0.0813. The maximum absolute atomic E-state index is 12.0. The number of aliphatic imine (C=N–C) groups is 1. The Morgan fingerprint density at radius 3 is 2.14 bits per heavy atom. The maximum atomic E-state index is 12.0. The van der Waals surface area contributed by atoms with E-state index >= 15 is 0 Å². The molecule has 1 rings (SSSR count). The average Bonchev–Trinajstić information content (AvgIpc) is 2.35. The van der Waals surface area contributed by atoms with Gasteiger partial charge in [-0.05, 0) is 44.0 Å². The zero-order valence-electron chi connectivity index (χ0n) is 12.5. The Labute approximate surface area is 124 Å². The normalized spacial score (nSPS) is 10.9. The SMILES string of the molecule is CC(C)=C(C)c1ccc(C(=O)N=C(N)N)cc1S(C)(=O)=O. The van der Waals surface area contributed by atoms with Gasteiger partial charge in [0, 0.05) is 11.8 Å². The van der Waals surface area contributed by atoms with Crippen LogP contribution in [0.2, 0.25) is 0 Å². The van der Waals surface area contributed by atoms with Gasteiger partial charge in [0.2, 0.25) is 0 Å². The highest BCUT2D eigenvalue weighted by Gasteiger charge is 2.18. The van der Waals surface area contributed by atoms with Gasteiger partial charge in [-0.1, -0.05) is 11.6 Å². The van der Waals surface area contributed by atoms with Crippen LogP contribution < -0.4 is 11.5 Å². The van der Waals surface area contributed by atoms with E-state index in [4.69, 9.17) is 11.5 Å². The van der Waals surface area contributed by atoms with Crippen molar-refractivity contribution in [1.29, 1.82) is 0 Å². The van der Waals surface area contributed by atoms with Crippen LogP contribution in [0.5, 0.6) is 0 Å². The van der Waals surface area contributed by atoms with Crippen molar-refractivity contribution < 1.29 is 13.2 Å². The first-order valence-corrected chi connectivity index (χ1v) is 8.05. The summed E-state index contributed by atoms with van der Waals surface area (Å²) in [4.78, 5) is 15.3. The molecule has 0 heterocycles. The lowest BCUT2D eigenvalue weighted by molar-refractivity contribution is 0.100. The maximum Gasteiger partial charge on any atom is 0.280 e. The van der Waals surface area contributed by atoms with Gasteiger partial charge >= 0.3 is 0 Å². The van der Waals surface area contributed by atoms with Crippen molar-refractivity contribution in [3.63, 3.8) is 0 Å². The largest absolute Gasteiger partial charge is 0.370 e. The molecule has 0 aliphatic carbocycles. The van der Waals surface area contributed by atoms with Crippen molar-refractivity contribution >= 4 is 27.3 Å². The molecule has 7 heteroatoms. The smallest absolute Gasteiger partial charge is 0.280 e. The van der Waals surface area contributed by atoms with Crippen LogP contribution in [0.4, 0.5) is 0 Å². The number of sulfone groups is 1. The Balaban J connectivity index is 3.58. The van der Waals surface area contributed by atoms with Gasteiger partial charge in [0.25, 0.3) is 5.91 Å². The molecule has 4 N–H and O–H groups in total. The number of allylic oxidation sites excluding steroid dienone is 2. The van der Waals surface area contributed by atoms with Gasteiger partial charge in [-0.2, -0.15) is 4.99 Å². The fourth-order valence-electron chi connectivity index (χ4n) is 1.72. The number of carbonyl (C=O) groups is 1. The van der Waals surface area contributed by atoms with Crippen LogP contribution in [0.15, 0.2) is 33.7 Å². The van der Waals surface area contributed by atoms with Crippen molar-refractivity contribution in [3.8, 4) is 0 Å². The minimum Gasteiger partial charge on any atom is -0.370 e. The lowest BCUT2D eigenvalue weighted by Crippen LogP contribution is -2.24. The predicted molar refractivity (Wildman–Crippen MR) is 83.6 cm³/mol. The highest BCUT2D eigenvalue weighted by molar-refractivity contribution is 7.90. The Morgan fingerprint density at radius 2 is 1.71 bits per heavy atom. The summed E-state index contributed by atoms with van der Waals surface area (Å²) in [5.74, 6) is -1.05. The molecule has 0 spiro atoms. The molecule has 0 bridgehead atoms. The highest BCUT2D eigenvalue weighted by Crippen LogP contribution is 2.27. The van der Waals surface area contributed by atoms with E-state index in [-0.39, 0.29) is 16.4 Å². The zero-order chi connectivity index (χ0) is 16.4. The number of nitrogens with two attached hydrogens (primary N) is 2. The van der Waals surface area contributed by atoms with Crippen LogP contribution in [0, 0.1) is 0 Å². The van der Waals surface area contributed by atoms with E-state index in [9.17, 15) is 13.2 Å². The molecule has 0 aromatic heterocycles. The lowest BCUT2D eigenvalue weighted by atomic mass is 10.0. The topological polar surface area (TPSA) is 116 Å². The van der Waals surface area contributed by atoms with E-state index in [2.05, 4.69) is 4.99 Å². The Hall–Kier alpha value is -2.15. The number of hydrogen-bond acceptors (Lipinski definition) is 3. The van der Waals surface area contributed by atoms with Gasteiger partial charge in [0.15, 0.2) is 15.8 Å². The summed E-state index contributed by atoms with van der Waals surface area (Å²) in [5.41, 5.74) is 12.8. The number of rotatable bonds is 3. The quantitative estimate of drug-likeness (QED) is 0.645. The van der Waals surface area contributed by atoms with E-state index in [1.165, 1.54) is 12.1 Å². The lowest BCUT2D eigenvalue weighted by Gasteiger charge is -2.11. The summed E-state index contributed by atoms with van der Waals surface area (Å²) in [6.07, 6.45) is 1.10. The molecular weight excluding hydrogens is 290 g/mol. The summed E-state index contributed by atoms with van der Waals surface area (Å²) in [5, 5.41) is 0. The molecule has 0 aliphatic heterocycles. The fourth-order valence-corrected chi connectivity index (χ4v) is 2.68. The van der Waals surface area contributed by atoms with Crippen molar-refractivity contribution in [2.45, 2.75) is 25.7 Å². The van der Waals surface area contributed by atoms with Crippen LogP contribution in [0.3, 0.4) is 0 Å². The summed E-state index contributed by atoms with van der Waals surface area (Å²) in [6, 6.07) is 4.39. The number of benzene rings is 1. The standard InChI is InChI=1S/C14H19N3O3S/c1-8(2)9(3)11-6-5-10(13(18)17-14(15)16)7-12(11)21(4,19)20/h5-7H,1-4H3,(H4,15,16,17,18). The number of carbonyl (C=O) groups excluding carboxylic acids is 1. The molecule has 0 atom stereocenters. The third-order valence-electron chi connectivity index (χ3n) is 3.01. The summed E-state index contributed by atoms with van der Waals surface area (Å²) in [7, 11) is -3.49. The van der Waals surface area contributed by atoms with Crippen LogP contribution in [-0.4, -0.2) is 26.5 Å². The summed E-state index contributed by atoms with van der Waals surface area (Å²) in [6.45, 7) is 5.61. The van der Waals surface area contributed by atoms with E-state index in [0.717, 1.165) is 17.4 Å². The molecule has 1 amide bonds. The van der Waals surface area contributed by atoms with Gasteiger partial charge < -0.3 is 11.5 Å². The number of amides is 1. The molecule has 114 valence electrons. The molecule has 1 aromatic rings. The molecule has 0 saturated carbocycles. The predicted octanol–water partition coefficient (Wildman–Crippen LogP) is 1.32. The van der Waals surface area contributed by atoms with Gasteiger partial charge in [0.05, 0.1) is 4.90 Å². The molecular formula is C14H19N3O3S. The second kappa shape index (κ2) is 6.09. The van der Waals surface area contributed by atoms with Gasteiger partial charge in [-0.15, -0.1) is 0 Å². The van der Waals surface area contributed by atoms with Crippen LogP contribution in [0.25, 0.3) is 5.57 Å². The third-order valence-corrected chi connectivity index (χ3v) is 4.15. The van der Waals surface area contributed by atoms with E-state index in [1.807, 2.05) is 20.8 Å². The van der Waals surface area contributed by atoms with Crippen molar-refractivity contribution in [2.24, 2.45) is 16.5 Å². The van der Waals surface area contributed by atoms with E-state index < -0.39 is 15.7 Å². The van der Waals surface area contributed by atoms with Crippen LogP contribution in [0.1, 0.15) is 36.7 Å². The minimum atomic E-state index is -3.49. The first kappa shape index (κ1) is 16.9. The summed E-state index contributed by atoms with van der Waals surface area (Å²) >= 11 is 0. The third kappa shape index (κ3) is 4.16. The summed E-state index contributed by atoms with van der Waals surface area (Å²) < 4.78 is 23.9. The van der Waals surface area contributed by atoms with Gasteiger partial charge in [0.1, 0.15) is 0 Å². The Morgan fingerprint density at radius 1 is 1.14 bits per heavy atom. The first-order chi connectivity index (χ1) is 9.54. The fraction of sp³-hybridized carbons (Fsp3) is 0.286. The number of guanidine groups is 1. The van der Waals surface area contributed by atoms with E-state index in [0.29, 0.717) is 5.56 Å². The van der Waals surface area contributed by atoms with E-state index in [1.54, 1.807) is 6.07 Å². The molecule has 21 heavy (non-hydrogen) atoms. The molecule has 0 radical (unpaired) electrons. The molecule has 0 saturated heterocycles. The monoisotopic (exact) mass is 309 g/mol. The molecule has 1 aromatic carbocycles. The highest BCUT2D eigenvalue weighted by atomic mass is 32.2. The average molecular weight is 309 g/mol. The van der Waals surface area contributed by atoms with Crippen molar-refractivity contribution in [3.05, 3.63) is 34.9 Å². The van der Waals surface area contributed by atoms with Crippen molar-refractivity contribution in [1.82, 2.24) is 0 Å². The molecule has 0 unspecified atom stereocenters. The molecule has 0 aliphatic rings. The second-order valence-electron chi connectivity index (χ2n) is 4.95. The molecule has 6 nitrogen and oxygen atoms in total. The Bertz CT molecular complexity index is 739. The number of nitrogens with zero attached hydrogens (tertiary/aromatic N) is 1. The first-order valence-electron chi connectivity index (χ1n) is 6.16. The number of hydrogen-bond donors (Lipinski definition) is 2. The van der Waals surface area contributed by atoms with Gasteiger partial charge in [-0.3, -0.25) is 4.79 Å². The zero-order valence-corrected chi connectivity index (χ0v) is 13.3.